The summed E-state index contributed by atoms with van der Waals surface area (Å²) in [6.45, 7) is 4.92. The molecular weight excluding hydrogens is 244 g/mol. The molecule has 5 fully saturated rings. The van der Waals surface area contributed by atoms with E-state index >= 15 is 0 Å². The Bertz CT molecular complexity index is 406. The number of carbonyl (C=O) groups is 1. The first-order chi connectivity index (χ1) is 9.16. The molecule has 0 amide bonds. The Morgan fingerprint density at radius 3 is 2.37 bits per heavy atom. The van der Waals surface area contributed by atoms with Gasteiger partial charge in [-0.3, -0.25) is 0 Å². The SMILES string of the molecule is C=CC(=O)OC12CC3CC(C1)C1(OCCO1)C(C3)C2. The van der Waals surface area contributed by atoms with Crippen molar-refractivity contribution in [2.75, 3.05) is 13.2 Å². The molecule has 5 rings (SSSR count). The van der Waals surface area contributed by atoms with Gasteiger partial charge in [-0.15, -0.1) is 0 Å². The van der Waals surface area contributed by atoms with Crippen molar-refractivity contribution in [3.63, 3.8) is 0 Å². The summed E-state index contributed by atoms with van der Waals surface area (Å²) in [5, 5.41) is 0. The molecule has 104 valence electrons. The Morgan fingerprint density at radius 1 is 1.16 bits per heavy atom. The standard InChI is InChI=1S/C15H20O4/c1-2-13(16)19-14-7-10-5-11(8-14)15(12(6-10)9-14)17-3-4-18-15/h2,10-12H,1,3-9H2. The molecule has 2 unspecified atom stereocenters. The molecule has 1 saturated heterocycles. The molecular formula is C15H20O4. The fourth-order valence-electron chi connectivity index (χ4n) is 5.15. The van der Waals surface area contributed by atoms with Crippen LogP contribution in [0.4, 0.5) is 0 Å². The lowest BCUT2D eigenvalue weighted by atomic mass is 9.51. The van der Waals surface area contributed by atoms with Crippen LogP contribution < -0.4 is 0 Å². The molecule has 0 aromatic rings. The van der Waals surface area contributed by atoms with Crippen molar-refractivity contribution in [2.45, 2.75) is 43.5 Å². The van der Waals surface area contributed by atoms with Gasteiger partial charge in [0.25, 0.3) is 0 Å². The van der Waals surface area contributed by atoms with Crippen LogP contribution in [0.5, 0.6) is 0 Å². The Kier molecular flexibility index (Phi) is 2.40. The van der Waals surface area contributed by atoms with Crippen LogP contribution in [0.3, 0.4) is 0 Å². The van der Waals surface area contributed by atoms with E-state index in [0.717, 1.165) is 32.1 Å². The minimum Gasteiger partial charge on any atom is -0.456 e. The highest BCUT2D eigenvalue weighted by molar-refractivity contribution is 5.81. The first-order valence-corrected chi connectivity index (χ1v) is 7.29. The molecule has 1 spiro atoms. The average molecular weight is 264 g/mol. The van der Waals surface area contributed by atoms with Gasteiger partial charge in [-0.25, -0.2) is 4.79 Å². The quantitative estimate of drug-likeness (QED) is 0.565. The molecule has 0 aromatic heterocycles. The van der Waals surface area contributed by atoms with Gasteiger partial charge in [-0.1, -0.05) is 6.58 Å². The van der Waals surface area contributed by atoms with Gasteiger partial charge in [-0.05, 0) is 38.0 Å². The zero-order chi connectivity index (χ0) is 13.1. The number of ether oxygens (including phenoxy) is 3. The summed E-state index contributed by atoms with van der Waals surface area (Å²) in [5.74, 6) is 0.789. The lowest BCUT2D eigenvalue weighted by Gasteiger charge is -2.61. The zero-order valence-electron chi connectivity index (χ0n) is 11.1. The summed E-state index contributed by atoms with van der Waals surface area (Å²) in [4.78, 5) is 11.6. The largest absolute Gasteiger partial charge is 0.456 e. The van der Waals surface area contributed by atoms with Crippen LogP contribution in [-0.2, 0) is 19.0 Å². The van der Waals surface area contributed by atoms with Gasteiger partial charge in [0, 0.05) is 17.9 Å². The summed E-state index contributed by atoms with van der Waals surface area (Å²) in [6.07, 6.45) is 6.37. The summed E-state index contributed by atoms with van der Waals surface area (Å²) < 4.78 is 17.8. The zero-order valence-corrected chi connectivity index (χ0v) is 11.1. The molecule has 1 aliphatic heterocycles. The van der Waals surface area contributed by atoms with Gasteiger partial charge in [0.15, 0.2) is 5.79 Å². The van der Waals surface area contributed by atoms with Crippen molar-refractivity contribution in [1.29, 1.82) is 0 Å². The van der Waals surface area contributed by atoms with Gasteiger partial charge in [0.2, 0.25) is 0 Å². The maximum atomic E-state index is 11.6. The second-order valence-electron chi connectivity index (χ2n) is 6.57. The fourth-order valence-corrected chi connectivity index (χ4v) is 5.15. The maximum Gasteiger partial charge on any atom is 0.330 e. The van der Waals surface area contributed by atoms with E-state index in [4.69, 9.17) is 14.2 Å². The van der Waals surface area contributed by atoms with Crippen molar-refractivity contribution in [2.24, 2.45) is 17.8 Å². The van der Waals surface area contributed by atoms with Crippen molar-refractivity contribution >= 4 is 5.97 Å². The molecule has 0 N–H and O–H groups in total. The van der Waals surface area contributed by atoms with E-state index in [2.05, 4.69) is 6.58 Å². The smallest absolute Gasteiger partial charge is 0.330 e. The lowest BCUT2D eigenvalue weighted by Crippen LogP contribution is -2.65. The van der Waals surface area contributed by atoms with E-state index in [9.17, 15) is 4.79 Å². The Balaban J connectivity index is 1.63. The first kappa shape index (κ1) is 11.9. The van der Waals surface area contributed by atoms with Gasteiger partial charge < -0.3 is 14.2 Å². The summed E-state index contributed by atoms with van der Waals surface area (Å²) >= 11 is 0. The highest BCUT2D eigenvalue weighted by atomic mass is 16.7. The van der Waals surface area contributed by atoms with Crippen molar-refractivity contribution in [3.05, 3.63) is 12.7 Å². The van der Waals surface area contributed by atoms with Crippen LogP contribution in [0.25, 0.3) is 0 Å². The van der Waals surface area contributed by atoms with Crippen LogP contribution >= 0.6 is 0 Å². The second kappa shape index (κ2) is 3.83. The molecule has 0 aromatic carbocycles. The molecule has 4 heteroatoms. The van der Waals surface area contributed by atoms with Gasteiger partial charge in [0.1, 0.15) is 5.60 Å². The topological polar surface area (TPSA) is 44.8 Å². The monoisotopic (exact) mass is 264 g/mol. The molecule has 4 bridgehead atoms. The van der Waals surface area contributed by atoms with Crippen LogP contribution in [0.2, 0.25) is 0 Å². The average Bonchev–Trinajstić information content (AvgIpc) is 2.85. The lowest BCUT2D eigenvalue weighted by molar-refractivity contribution is -0.314. The van der Waals surface area contributed by atoms with E-state index in [1.54, 1.807) is 0 Å². The maximum absolute atomic E-state index is 11.6. The highest BCUT2D eigenvalue weighted by Crippen LogP contribution is 2.63. The molecule has 19 heavy (non-hydrogen) atoms. The number of carbonyl (C=O) groups excluding carboxylic acids is 1. The first-order valence-electron chi connectivity index (χ1n) is 7.29. The Labute approximate surface area is 113 Å². The van der Waals surface area contributed by atoms with Gasteiger partial charge >= 0.3 is 5.97 Å². The van der Waals surface area contributed by atoms with E-state index in [1.807, 2.05) is 0 Å². The molecule has 0 radical (unpaired) electrons. The molecule has 4 saturated carbocycles. The van der Waals surface area contributed by atoms with Gasteiger partial charge in [-0.2, -0.15) is 0 Å². The Hall–Kier alpha value is -0.870. The summed E-state index contributed by atoms with van der Waals surface area (Å²) in [6, 6.07) is 0. The van der Waals surface area contributed by atoms with Crippen LogP contribution in [0.15, 0.2) is 12.7 Å². The second-order valence-corrected chi connectivity index (χ2v) is 6.57. The van der Waals surface area contributed by atoms with Gasteiger partial charge in [0.05, 0.1) is 13.2 Å². The molecule has 4 nitrogen and oxygen atoms in total. The van der Waals surface area contributed by atoms with Crippen LogP contribution in [0.1, 0.15) is 32.1 Å². The van der Waals surface area contributed by atoms with E-state index in [-0.39, 0.29) is 17.4 Å². The van der Waals surface area contributed by atoms with Crippen LogP contribution in [0, 0.1) is 17.8 Å². The summed E-state index contributed by atoms with van der Waals surface area (Å²) in [5.41, 5.74) is -0.275. The third kappa shape index (κ3) is 1.56. The third-order valence-electron chi connectivity index (χ3n) is 5.49. The van der Waals surface area contributed by atoms with Crippen LogP contribution in [-0.4, -0.2) is 30.6 Å². The normalized spacial score (nSPS) is 45.6. The number of hydrogen-bond donors (Lipinski definition) is 0. The third-order valence-corrected chi connectivity index (χ3v) is 5.49. The predicted octanol–water partition coefficient (Wildman–Crippen LogP) is 2.04. The van der Waals surface area contributed by atoms with Crippen molar-refractivity contribution in [3.8, 4) is 0 Å². The summed E-state index contributed by atoms with van der Waals surface area (Å²) in [7, 11) is 0. The molecule has 2 atom stereocenters. The fraction of sp³-hybridized carbons (Fsp3) is 0.800. The minimum atomic E-state index is -0.360. The molecule has 4 aliphatic carbocycles. The highest BCUT2D eigenvalue weighted by Gasteiger charge is 2.66. The van der Waals surface area contributed by atoms with Crippen molar-refractivity contribution < 1.29 is 19.0 Å². The Morgan fingerprint density at radius 2 is 1.79 bits per heavy atom. The van der Waals surface area contributed by atoms with Crippen molar-refractivity contribution in [1.82, 2.24) is 0 Å². The van der Waals surface area contributed by atoms with E-state index in [1.165, 1.54) is 6.08 Å². The molecule has 1 heterocycles. The minimum absolute atomic E-state index is 0.275. The van der Waals surface area contributed by atoms with E-state index < -0.39 is 0 Å². The number of rotatable bonds is 2. The number of esters is 1. The predicted molar refractivity (Wildman–Crippen MR) is 67.2 cm³/mol. The van der Waals surface area contributed by atoms with E-state index in [0.29, 0.717) is 31.0 Å². The molecule has 5 aliphatic rings. The number of hydrogen-bond acceptors (Lipinski definition) is 4.